The van der Waals surface area contributed by atoms with Gasteiger partial charge in [-0.15, -0.1) is 11.3 Å². The second-order valence-electron chi connectivity index (χ2n) is 13.3. The zero-order valence-corrected chi connectivity index (χ0v) is 30.7. The third kappa shape index (κ3) is 4.83. The summed E-state index contributed by atoms with van der Waals surface area (Å²) in [6.45, 7) is 4.32. The van der Waals surface area contributed by atoms with E-state index in [1.54, 1.807) is 0 Å². The van der Waals surface area contributed by atoms with Crippen molar-refractivity contribution in [3.05, 3.63) is 162 Å². The number of halogens is 1. The molecule has 0 bridgehead atoms. The van der Waals surface area contributed by atoms with Crippen LogP contribution in [-0.4, -0.2) is 0 Å². The highest BCUT2D eigenvalue weighted by Crippen LogP contribution is 2.49. The summed E-state index contributed by atoms with van der Waals surface area (Å²) >= 11 is 1.91. The number of aromatic amines is 1. The standard InChI is InChI=1S/C45H32N3S.HI/c1-28-15-16-30(37(22-28)39-23-29(2)19-20-46-39)24-34-25-31-17-18-40-44-42(31)45-36(14-9-21-47(34)45)38-26-35(27-41(49-40)43(38)44)48(32-10-5-3-6-11-32)33-12-7-4-8-13-33;/h3-24,26-27H,25H2,1-2H3;1H/q+1;/b34-24-;. The van der Waals surface area contributed by atoms with Crippen molar-refractivity contribution in [2.45, 2.75) is 20.3 Å². The minimum Gasteiger partial charge on any atom is -1.00 e. The second kappa shape index (κ2) is 12.0. The number of aryl methyl sites for hydroxylation is 2. The van der Waals surface area contributed by atoms with Gasteiger partial charge in [0.2, 0.25) is 11.2 Å². The number of allylic oxidation sites excluding steroid dienone is 1. The molecule has 1 aliphatic heterocycles. The van der Waals surface area contributed by atoms with Crippen LogP contribution in [0.4, 0.5) is 17.1 Å². The number of aromatic nitrogens is 2. The lowest BCUT2D eigenvalue weighted by Crippen LogP contribution is -3.00. The lowest BCUT2D eigenvalue weighted by Gasteiger charge is -2.26. The van der Waals surface area contributed by atoms with E-state index in [0.717, 1.165) is 23.5 Å². The molecule has 0 radical (unpaired) electrons. The number of anilines is 3. The van der Waals surface area contributed by atoms with E-state index in [1.807, 2.05) is 17.5 Å². The summed E-state index contributed by atoms with van der Waals surface area (Å²) in [7, 11) is 0. The fourth-order valence-electron chi connectivity index (χ4n) is 7.94. The highest BCUT2D eigenvalue weighted by Gasteiger charge is 2.31. The monoisotopic (exact) mass is 774 g/mol. The number of para-hydroxylation sites is 2. The maximum Gasteiger partial charge on any atom is 0.226 e. The molecule has 3 aromatic heterocycles. The van der Waals surface area contributed by atoms with Gasteiger partial charge in [-0.2, -0.15) is 4.57 Å². The molecule has 5 heteroatoms. The summed E-state index contributed by atoms with van der Waals surface area (Å²) in [6, 6.07) is 46.7. The van der Waals surface area contributed by atoms with Gasteiger partial charge in [-0.3, -0.25) is 0 Å². The molecule has 0 atom stereocenters. The van der Waals surface area contributed by atoms with Crippen LogP contribution in [0, 0.1) is 13.8 Å². The predicted molar refractivity (Wildman–Crippen MR) is 206 cm³/mol. The minimum absolute atomic E-state index is 0. The van der Waals surface area contributed by atoms with E-state index in [2.05, 4.69) is 168 Å². The number of benzene rings is 6. The molecular formula is C45H33IN3S+. The summed E-state index contributed by atoms with van der Waals surface area (Å²) in [6.07, 6.45) is 7.58. The summed E-state index contributed by atoms with van der Waals surface area (Å²) in [4.78, 5) is 5.89. The van der Waals surface area contributed by atoms with Gasteiger partial charge < -0.3 is 28.9 Å². The van der Waals surface area contributed by atoms with E-state index in [0.29, 0.717) is 0 Å². The zero-order valence-electron chi connectivity index (χ0n) is 27.7. The van der Waals surface area contributed by atoms with E-state index in [4.69, 9.17) is 0 Å². The van der Waals surface area contributed by atoms with Gasteiger partial charge in [0.25, 0.3) is 0 Å². The fourth-order valence-corrected chi connectivity index (χ4v) is 9.12. The Morgan fingerprint density at radius 2 is 1.42 bits per heavy atom. The molecule has 0 spiro atoms. The van der Waals surface area contributed by atoms with Crippen molar-refractivity contribution in [1.82, 2.24) is 0 Å². The molecule has 6 aromatic carbocycles. The molecule has 0 aliphatic carbocycles. The largest absolute Gasteiger partial charge is 1.00 e. The average Bonchev–Trinajstić information content (AvgIpc) is 3.52. The number of H-pyrrole nitrogens is 1. The highest BCUT2D eigenvalue weighted by molar-refractivity contribution is 7.26. The molecule has 9 aromatic rings. The number of nitrogens with zero attached hydrogens (tertiary/aromatic N) is 2. The Morgan fingerprint density at radius 3 is 2.18 bits per heavy atom. The molecule has 0 saturated heterocycles. The van der Waals surface area contributed by atoms with Crippen LogP contribution in [-0.2, 0) is 6.42 Å². The van der Waals surface area contributed by atoms with Crippen LogP contribution in [0.15, 0.2) is 140 Å². The second-order valence-corrected chi connectivity index (χ2v) is 14.4. The molecule has 1 aliphatic rings. The molecule has 1 N–H and O–H groups in total. The van der Waals surface area contributed by atoms with Gasteiger partial charge in [0.05, 0.1) is 22.8 Å². The highest BCUT2D eigenvalue weighted by atomic mass is 127. The van der Waals surface area contributed by atoms with E-state index in [-0.39, 0.29) is 24.0 Å². The van der Waals surface area contributed by atoms with Crippen LogP contribution < -0.4 is 38.4 Å². The van der Waals surface area contributed by atoms with Gasteiger partial charge in [0.1, 0.15) is 0 Å². The third-order valence-corrected chi connectivity index (χ3v) is 11.2. The lowest BCUT2D eigenvalue weighted by molar-refractivity contribution is -0.553. The van der Waals surface area contributed by atoms with Gasteiger partial charge in [-0.1, -0.05) is 60.2 Å². The first-order valence-electron chi connectivity index (χ1n) is 16.9. The smallest absolute Gasteiger partial charge is 0.226 e. The number of rotatable bonds is 5. The Balaban J connectivity index is 0.00000336. The number of hydrogen-bond acceptors (Lipinski definition) is 2. The van der Waals surface area contributed by atoms with Crippen molar-refractivity contribution in [1.29, 1.82) is 0 Å². The van der Waals surface area contributed by atoms with Crippen LogP contribution in [0.25, 0.3) is 64.9 Å². The van der Waals surface area contributed by atoms with Gasteiger partial charge in [-0.05, 0) is 90.5 Å². The predicted octanol–water partition coefficient (Wildman–Crippen LogP) is 8.21. The first-order valence-corrected chi connectivity index (χ1v) is 17.7. The summed E-state index contributed by atoms with van der Waals surface area (Å²) in [5, 5.41) is 6.78. The van der Waals surface area contributed by atoms with Gasteiger partial charge in [0, 0.05) is 61.5 Å². The number of nitrogens with one attached hydrogen (secondary N) is 1. The number of thiophene rings is 1. The van der Waals surface area contributed by atoms with Gasteiger partial charge >= 0.3 is 0 Å². The van der Waals surface area contributed by atoms with Gasteiger partial charge in [0.15, 0.2) is 18.1 Å². The molecule has 0 unspecified atom stereocenters. The topological polar surface area (TPSA) is 21.3 Å². The Hall–Kier alpha value is -5.11. The average molecular weight is 775 g/mol. The molecule has 3 nitrogen and oxygen atoms in total. The fraction of sp³-hybridized carbons (Fsp3) is 0.0667. The molecule has 0 saturated carbocycles. The minimum atomic E-state index is 0. The van der Waals surface area contributed by atoms with Crippen molar-refractivity contribution in [3.8, 4) is 11.3 Å². The molecule has 4 heterocycles. The van der Waals surface area contributed by atoms with Crippen LogP contribution in [0.3, 0.4) is 0 Å². The third-order valence-electron chi connectivity index (χ3n) is 10.1. The van der Waals surface area contributed by atoms with E-state index in [9.17, 15) is 0 Å². The van der Waals surface area contributed by atoms with Crippen LogP contribution >= 0.6 is 11.3 Å². The maximum absolute atomic E-state index is 3.51. The maximum atomic E-state index is 3.51. The first kappa shape index (κ1) is 30.9. The number of fused-ring (bicyclic) bond motifs is 1. The van der Waals surface area contributed by atoms with E-state index < -0.39 is 0 Å². The zero-order chi connectivity index (χ0) is 32.6. The van der Waals surface area contributed by atoms with Crippen LogP contribution in [0.1, 0.15) is 22.3 Å². The van der Waals surface area contributed by atoms with Crippen molar-refractivity contribution >= 4 is 82.0 Å². The van der Waals surface area contributed by atoms with Crippen molar-refractivity contribution < 1.29 is 33.5 Å². The summed E-state index contributed by atoms with van der Waals surface area (Å²) in [5.74, 6) is 0. The number of pyridine rings is 2. The molecule has 0 amide bonds. The Bertz CT molecular complexity index is 2730. The molecule has 10 rings (SSSR count). The summed E-state index contributed by atoms with van der Waals surface area (Å²) in [5.41, 5.74) is 13.5. The quantitative estimate of drug-likeness (QED) is 0.0982. The molecular weight excluding hydrogens is 741 g/mol. The van der Waals surface area contributed by atoms with Crippen LogP contribution in [0.5, 0.6) is 0 Å². The summed E-state index contributed by atoms with van der Waals surface area (Å²) < 4.78 is 5.14. The number of hydrogen-bond donors (Lipinski definition) is 0. The normalized spacial score (nSPS) is 13.2. The SMILES string of the molecule is Cc1cc[nH+]c(-c2cc(C)ccc2/C=C2/Cc3ccc4sc5cc(N(c6ccccc6)c6ccccc6)cc6c7ccc[n+]2c7c3c4c56)c1.[I-]. The Labute approximate surface area is 312 Å². The molecule has 240 valence electrons. The van der Waals surface area contributed by atoms with Crippen molar-refractivity contribution in [2.24, 2.45) is 0 Å². The van der Waals surface area contributed by atoms with Crippen LogP contribution in [0.2, 0.25) is 0 Å². The van der Waals surface area contributed by atoms with Crippen molar-refractivity contribution in [3.63, 3.8) is 0 Å². The molecule has 0 fully saturated rings. The molecule has 50 heavy (non-hydrogen) atoms. The Morgan fingerprint density at radius 1 is 0.660 bits per heavy atom. The van der Waals surface area contributed by atoms with E-state index >= 15 is 0 Å². The van der Waals surface area contributed by atoms with Crippen molar-refractivity contribution in [2.75, 3.05) is 4.90 Å². The van der Waals surface area contributed by atoms with E-state index in [1.165, 1.54) is 81.0 Å². The lowest BCUT2D eigenvalue weighted by atomic mass is 9.89. The first-order chi connectivity index (χ1) is 24.1. The van der Waals surface area contributed by atoms with Gasteiger partial charge in [-0.25, -0.2) is 4.98 Å². The Kier molecular flexibility index (Phi) is 7.44.